The van der Waals surface area contributed by atoms with Gasteiger partial charge in [-0.05, 0) is 56.2 Å². The van der Waals surface area contributed by atoms with Gasteiger partial charge in [0.2, 0.25) is 0 Å². The zero-order valence-electron chi connectivity index (χ0n) is 13.3. The van der Waals surface area contributed by atoms with Crippen molar-refractivity contribution in [1.82, 2.24) is 0 Å². The Morgan fingerprint density at radius 2 is 1.68 bits per heavy atom. The fraction of sp³-hybridized carbons (Fsp3) is 0.278. The standard InChI is InChI=1S/C18H22N2O2/c1-12-10-13(2)17(14(3)11-12)18(21)20-15-4-6-16(7-5-15)22-9-8-19/h4-7,10-11H,8-9,19H2,1-3H3,(H,20,21). The van der Waals surface area contributed by atoms with Gasteiger partial charge in [0.1, 0.15) is 12.4 Å². The average molecular weight is 298 g/mol. The minimum absolute atomic E-state index is 0.0920. The molecule has 4 heteroatoms. The van der Waals surface area contributed by atoms with Crippen LogP contribution in [0.2, 0.25) is 0 Å². The Morgan fingerprint density at radius 1 is 1.09 bits per heavy atom. The highest BCUT2D eigenvalue weighted by molar-refractivity contribution is 6.06. The number of amides is 1. The molecule has 3 N–H and O–H groups in total. The maximum Gasteiger partial charge on any atom is 0.256 e. The lowest BCUT2D eigenvalue weighted by Gasteiger charge is -2.12. The summed E-state index contributed by atoms with van der Waals surface area (Å²) < 4.78 is 5.41. The molecule has 116 valence electrons. The molecule has 0 fully saturated rings. The summed E-state index contributed by atoms with van der Waals surface area (Å²) in [5.41, 5.74) is 9.99. The van der Waals surface area contributed by atoms with E-state index in [1.165, 1.54) is 0 Å². The Labute approximate surface area is 131 Å². The minimum Gasteiger partial charge on any atom is -0.492 e. The summed E-state index contributed by atoms with van der Waals surface area (Å²) in [4.78, 5) is 12.5. The van der Waals surface area contributed by atoms with Crippen molar-refractivity contribution in [3.63, 3.8) is 0 Å². The van der Waals surface area contributed by atoms with E-state index in [1.807, 2.05) is 57.2 Å². The molecule has 0 aliphatic heterocycles. The molecule has 0 saturated carbocycles. The lowest BCUT2D eigenvalue weighted by atomic mass is 9.99. The van der Waals surface area contributed by atoms with E-state index >= 15 is 0 Å². The molecule has 0 atom stereocenters. The molecular weight excluding hydrogens is 276 g/mol. The van der Waals surface area contributed by atoms with E-state index in [2.05, 4.69) is 5.32 Å². The van der Waals surface area contributed by atoms with Crippen LogP contribution in [0.25, 0.3) is 0 Å². The van der Waals surface area contributed by atoms with Crippen LogP contribution in [-0.4, -0.2) is 19.1 Å². The van der Waals surface area contributed by atoms with Gasteiger partial charge in [0, 0.05) is 17.8 Å². The van der Waals surface area contributed by atoms with Crippen LogP contribution in [-0.2, 0) is 0 Å². The number of carbonyl (C=O) groups excluding carboxylic acids is 1. The van der Waals surface area contributed by atoms with Crippen molar-refractivity contribution in [3.8, 4) is 5.75 Å². The second-order valence-corrected chi connectivity index (χ2v) is 5.39. The van der Waals surface area contributed by atoms with Crippen molar-refractivity contribution in [1.29, 1.82) is 0 Å². The third-order valence-electron chi connectivity index (χ3n) is 3.40. The van der Waals surface area contributed by atoms with Crippen molar-refractivity contribution in [3.05, 3.63) is 58.7 Å². The van der Waals surface area contributed by atoms with Gasteiger partial charge in [-0.2, -0.15) is 0 Å². The van der Waals surface area contributed by atoms with Gasteiger partial charge in [-0.25, -0.2) is 0 Å². The van der Waals surface area contributed by atoms with Crippen molar-refractivity contribution in [2.75, 3.05) is 18.5 Å². The first-order valence-electron chi connectivity index (χ1n) is 7.33. The first kappa shape index (κ1) is 16.0. The van der Waals surface area contributed by atoms with Gasteiger partial charge >= 0.3 is 0 Å². The van der Waals surface area contributed by atoms with Crippen molar-refractivity contribution in [2.24, 2.45) is 5.73 Å². The molecule has 2 aromatic rings. The summed E-state index contributed by atoms with van der Waals surface area (Å²) in [6, 6.07) is 11.3. The minimum atomic E-state index is -0.0920. The lowest BCUT2D eigenvalue weighted by Crippen LogP contribution is -2.15. The molecular formula is C18H22N2O2. The topological polar surface area (TPSA) is 64.3 Å². The SMILES string of the molecule is Cc1cc(C)c(C(=O)Nc2ccc(OCCN)cc2)c(C)c1. The van der Waals surface area contributed by atoms with Gasteiger partial charge in [0.05, 0.1) is 0 Å². The van der Waals surface area contributed by atoms with Crippen LogP contribution in [0, 0.1) is 20.8 Å². The Kier molecular flexibility index (Phi) is 5.17. The Bertz CT molecular complexity index is 640. The molecule has 0 aromatic heterocycles. The molecule has 0 saturated heterocycles. The maximum absolute atomic E-state index is 12.5. The molecule has 0 aliphatic carbocycles. The van der Waals surface area contributed by atoms with Gasteiger partial charge in [0.25, 0.3) is 5.91 Å². The van der Waals surface area contributed by atoms with E-state index in [-0.39, 0.29) is 5.91 Å². The van der Waals surface area contributed by atoms with Crippen molar-refractivity contribution < 1.29 is 9.53 Å². The molecule has 1 amide bonds. The van der Waals surface area contributed by atoms with Crippen LogP contribution in [0.3, 0.4) is 0 Å². The number of aryl methyl sites for hydroxylation is 3. The Hall–Kier alpha value is -2.33. The predicted octanol–water partition coefficient (Wildman–Crippen LogP) is 3.20. The lowest BCUT2D eigenvalue weighted by molar-refractivity contribution is 0.102. The maximum atomic E-state index is 12.5. The fourth-order valence-electron chi connectivity index (χ4n) is 2.54. The highest BCUT2D eigenvalue weighted by Crippen LogP contribution is 2.20. The third kappa shape index (κ3) is 3.86. The molecule has 0 bridgehead atoms. The molecule has 0 radical (unpaired) electrons. The van der Waals surface area contributed by atoms with Crippen molar-refractivity contribution >= 4 is 11.6 Å². The number of anilines is 1. The van der Waals surface area contributed by atoms with Gasteiger partial charge in [-0.15, -0.1) is 0 Å². The Morgan fingerprint density at radius 3 is 2.23 bits per heavy atom. The van der Waals surface area contributed by atoms with Gasteiger partial charge < -0.3 is 15.8 Å². The van der Waals surface area contributed by atoms with Gasteiger partial charge in [-0.1, -0.05) is 17.7 Å². The van der Waals surface area contributed by atoms with E-state index < -0.39 is 0 Å². The van der Waals surface area contributed by atoms with Gasteiger partial charge in [0.15, 0.2) is 0 Å². The molecule has 22 heavy (non-hydrogen) atoms. The van der Waals surface area contributed by atoms with Crippen molar-refractivity contribution in [2.45, 2.75) is 20.8 Å². The largest absolute Gasteiger partial charge is 0.492 e. The second-order valence-electron chi connectivity index (χ2n) is 5.39. The summed E-state index contributed by atoms with van der Waals surface area (Å²) in [7, 11) is 0. The first-order valence-corrected chi connectivity index (χ1v) is 7.33. The summed E-state index contributed by atoms with van der Waals surface area (Å²) in [5, 5.41) is 2.92. The molecule has 0 heterocycles. The number of ether oxygens (including phenoxy) is 1. The fourth-order valence-corrected chi connectivity index (χ4v) is 2.54. The molecule has 0 aliphatic rings. The second kappa shape index (κ2) is 7.09. The number of nitrogens with one attached hydrogen (secondary N) is 1. The number of rotatable bonds is 5. The summed E-state index contributed by atoms with van der Waals surface area (Å²) >= 11 is 0. The van der Waals surface area contributed by atoms with Crippen LogP contribution >= 0.6 is 0 Å². The Balaban J connectivity index is 2.12. The average Bonchev–Trinajstić information content (AvgIpc) is 2.45. The number of nitrogens with two attached hydrogens (primary N) is 1. The van der Waals surface area contributed by atoms with E-state index in [9.17, 15) is 4.79 Å². The van der Waals surface area contributed by atoms with E-state index in [0.717, 1.165) is 33.7 Å². The van der Waals surface area contributed by atoms with Crippen LogP contribution in [0.1, 0.15) is 27.0 Å². The molecule has 4 nitrogen and oxygen atoms in total. The van der Waals surface area contributed by atoms with E-state index in [4.69, 9.17) is 10.5 Å². The molecule has 2 rings (SSSR count). The monoisotopic (exact) mass is 298 g/mol. The zero-order valence-corrected chi connectivity index (χ0v) is 13.3. The van der Waals surface area contributed by atoms with Crippen LogP contribution in [0.15, 0.2) is 36.4 Å². The summed E-state index contributed by atoms with van der Waals surface area (Å²) in [6.45, 7) is 6.90. The highest BCUT2D eigenvalue weighted by atomic mass is 16.5. The number of hydrogen-bond acceptors (Lipinski definition) is 3. The predicted molar refractivity (Wildman–Crippen MR) is 89.6 cm³/mol. The summed E-state index contributed by atoms with van der Waals surface area (Å²) in [5.74, 6) is 0.650. The zero-order chi connectivity index (χ0) is 16.1. The van der Waals surface area contributed by atoms with Crippen LogP contribution in [0.5, 0.6) is 5.75 Å². The van der Waals surface area contributed by atoms with Crippen LogP contribution in [0.4, 0.5) is 5.69 Å². The van der Waals surface area contributed by atoms with Crippen LogP contribution < -0.4 is 15.8 Å². The molecule has 2 aromatic carbocycles. The van der Waals surface area contributed by atoms with E-state index in [0.29, 0.717) is 13.2 Å². The molecule has 0 spiro atoms. The van der Waals surface area contributed by atoms with E-state index in [1.54, 1.807) is 0 Å². The van der Waals surface area contributed by atoms with Gasteiger partial charge in [-0.3, -0.25) is 4.79 Å². The number of hydrogen-bond donors (Lipinski definition) is 2. The molecule has 0 unspecified atom stereocenters. The highest BCUT2D eigenvalue weighted by Gasteiger charge is 2.13. The normalized spacial score (nSPS) is 10.4. The number of carbonyl (C=O) groups is 1. The number of benzene rings is 2. The quantitative estimate of drug-likeness (QED) is 0.891. The third-order valence-corrected chi connectivity index (χ3v) is 3.40. The first-order chi connectivity index (χ1) is 10.5. The summed E-state index contributed by atoms with van der Waals surface area (Å²) in [6.07, 6.45) is 0. The smallest absolute Gasteiger partial charge is 0.256 e.